The van der Waals surface area contributed by atoms with Crippen LogP contribution in [0.2, 0.25) is 0 Å². The van der Waals surface area contributed by atoms with Crippen LogP contribution in [-0.4, -0.2) is 12.6 Å². The van der Waals surface area contributed by atoms with E-state index in [4.69, 9.17) is 0 Å². The van der Waals surface area contributed by atoms with Crippen molar-refractivity contribution in [2.45, 2.75) is 52.0 Å². The van der Waals surface area contributed by atoms with Gasteiger partial charge in [0.15, 0.2) is 0 Å². The Labute approximate surface area is 119 Å². The third kappa shape index (κ3) is 2.14. The van der Waals surface area contributed by atoms with E-state index in [9.17, 15) is 0 Å². The van der Waals surface area contributed by atoms with Crippen LogP contribution in [0.3, 0.4) is 0 Å². The Morgan fingerprint density at radius 2 is 1.89 bits per heavy atom. The summed E-state index contributed by atoms with van der Waals surface area (Å²) in [7, 11) is 0. The minimum Gasteiger partial charge on any atom is -0.314 e. The smallest absolute Gasteiger partial charge is 0.0210 e. The third-order valence-corrected chi connectivity index (χ3v) is 5.63. The van der Waals surface area contributed by atoms with E-state index in [1.807, 2.05) is 0 Å². The number of halogens is 1. The van der Waals surface area contributed by atoms with E-state index in [-0.39, 0.29) is 0 Å². The van der Waals surface area contributed by atoms with Gasteiger partial charge in [0.2, 0.25) is 0 Å². The van der Waals surface area contributed by atoms with Crippen molar-refractivity contribution in [1.29, 1.82) is 0 Å². The second-order valence-corrected chi connectivity index (χ2v) is 6.21. The summed E-state index contributed by atoms with van der Waals surface area (Å²) in [6.07, 6.45) is 3.79. The zero-order valence-corrected chi connectivity index (χ0v) is 13.3. The van der Waals surface area contributed by atoms with Crippen LogP contribution in [0.4, 0.5) is 0 Å². The van der Waals surface area contributed by atoms with Gasteiger partial charge in [-0.2, -0.15) is 0 Å². The third-order valence-electron chi connectivity index (χ3n) is 4.91. The van der Waals surface area contributed by atoms with E-state index < -0.39 is 0 Å². The van der Waals surface area contributed by atoms with Gasteiger partial charge in [-0.25, -0.2) is 0 Å². The van der Waals surface area contributed by atoms with Crippen molar-refractivity contribution in [1.82, 2.24) is 5.32 Å². The Kier molecular flexibility index (Phi) is 4.50. The van der Waals surface area contributed by atoms with Crippen molar-refractivity contribution >= 4 is 15.9 Å². The van der Waals surface area contributed by atoms with Gasteiger partial charge in [-0.05, 0) is 48.8 Å². The largest absolute Gasteiger partial charge is 0.314 e. The lowest BCUT2D eigenvalue weighted by Crippen LogP contribution is -2.58. The fourth-order valence-corrected chi connectivity index (χ4v) is 4.31. The first kappa shape index (κ1) is 14.1. The monoisotopic (exact) mass is 309 g/mol. The predicted octanol–water partition coefficient (Wildman–Crippen LogP) is 4.72. The number of benzene rings is 1. The maximum absolute atomic E-state index is 3.72. The van der Waals surface area contributed by atoms with Crippen LogP contribution in [0.25, 0.3) is 0 Å². The van der Waals surface area contributed by atoms with E-state index in [0.717, 1.165) is 6.54 Å². The van der Waals surface area contributed by atoms with Crippen molar-refractivity contribution in [2.75, 3.05) is 6.54 Å². The maximum atomic E-state index is 3.72. The molecule has 2 rings (SSSR count). The van der Waals surface area contributed by atoms with E-state index in [2.05, 4.69) is 66.3 Å². The van der Waals surface area contributed by atoms with E-state index in [1.165, 1.54) is 29.3 Å². The van der Waals surface area contributed by atoms with Crippen molar-refractivity contribution in [3.63, 3.8) is 0 Å². The fourth-order valence-electron chi connectivity index (χ4n) is 3.75. The molecule has 0 spiro atoms. The quantitative estimate of drug-likeness (QED) is 0.829. The highest BCUT2D eigenvalue weighted by Crippen LogP contribution is 2.58. The van der Waals surface area contributed by atoms with Gasteiger partial charge in [-0.1, -0.05) is 54.9 Å². The van der Waals surface area contributed by atoms with Crippen LogP contribution in [-0.2, 0) is 0 Å². The molecule has 1 nitrogen and oxygen atoms in total. The molecule has 0 saturated heterocycles. The molecule has 0 heterocycles. The lowest BCUT2D eigenvalue weighted by molar-refractivity contribution is 0.0207. The second-order valence-electron chi connectivity index (χ2n) is 5.36. The molecule has 1 saturated carbocycles. The van der Waals surface area contributed by atoms with Crippen molar-refractivity contribution < 1.29 is 0 Å². The summed E-state index contributed by atoms with van der Waals surface area (Å²) in [5.74, 6) is 0.701. The highest BCUT2D eigenvalue weighted by atomic mass is 79.9. The standard InChI is InChI=1S/C16H24BrN/c1-4-16(5-2)13(11-15(16)18-6-3)12-9-7-8-10-14(12)17/h7-10,13,15,18H,4-6,11H2,1-3H3. The predicted molar refractivity (Wildman–Crippen MR) is 82.0 cm³/mol. The molecular weight excluding hydrogens is 286 g/mol. The van der Waals surface area contributed by atoms with E-state index >= 15 is 0 Å². The zero-order chi connectivity index (χ0) is 13.2. The highest BCUT2D eigenvalue weighted by Gasteiger charge is 2.52. The molecule has 18 heavy (non-hydrogen) atoms. The summed E-state index contributed by atoms with van der Waals surface area (Å²) in [4.78, 5) is 0. The molecule has 0 bridgehead atoms. The normalized spacial score (nSPS) is 25.8. The van der Waals surface area contributed by atoms with Gasteiger partial charge in [-0.15, -0.1) is 0 Å². The molecule has 1 aromatic carbocycles. The zero-order valence-electron chi connectivity index (χ0n) is 11.7. The van der Waals surface area contributed by atoms with Gasteiger partial charge in [0, 0.05) is 10.5 Å². The molecule has 100 valence electrons. The molecule has 0 aliphatic heterocycles. The Morgan fingerprint density at radius 1 is 1.22 bits per heavy atom. The molecule has 2 heteroatoms. The fraction of sp³-hybridized carbons (Fsp3) is 0.625. The first-order valence-electron chi connectivity index (χ1n) is 7.17. The molecule has 1 aromatic rings. The van der Waals surface area contributed by atoms with Crippen LogP contribution in [0.5, 0.6) is 0 Å². The molecule has 0 radical (unpaired) electrons. The van der Waals surface area contributed by atoms with Crippen LogP contribution in [0.15, 0.2) is 28.7 Å². The Morgan fingerprint density at radius 3 is 2.44 bits per heavy atom. The van der Waals surface area contributed by atoms with E-state index in [0.29, 0.717) is 17.4 Å². The Balaban J connectivity index is 2.28. The molecule has 2 atom stereocenters. The average Bonchev–Trinajstić information content (AvgIpc) is 2.37. The highest BCUT2D eigenvalue weighted by molar-refractivity contribution is 9.10. The molecule has 0 aromatic heterocycles. The van der Waals surface area contributed by atoms with Crippen LogP contribution >= 0.6 is 15.9 Å². The lowest BCUT2D eigenvalue weighted by Gasteiger charge is -2.57. The molecule has 1 aliphatic carbocycles. The first-order valence-corrected chi connectivity index (χ1v) is 7.96. The number of rotatable bonds is 5. The van der Waals surface area contributed by atoms with Crippen LogP contribution < -0.4 is 5.32 Å². The summed E-state index contributed by atoms with van der Waals surface area (Å²) in [5, 5.41) is 3.68. The van der Waals surface area contributed by atoms with Gasteiger partial charge in [0.25, 0.3) is 0 Å². The van der Waals surface area contributed by atoms with E-state index in [1.54, 1.807) is 0 Å². The Bertz CT molecular complexity index is 398. The van der Waals surface area contributed by atoms with Crippen molar-refractivity contribution in [3.8, 4) is 0 Å². The van der Waals surface area contributed by atoms with Gasteiger partial charge < -0.3 is 5.32 Å². The molecule has 1 aliphatic rings. The molecule has 2 unspecified atom stereocenters. The topological polar surface area (TPSA) is 12.0 Å². The minimum absolute atomic E-state index is 0.444. The van der Waals surface area contributed by atoms with Crippen molar-refractivity contribution in [3.05, 3.63) is 34.3 Å². The molecular formula is C16H24BrN. The summed E-state index contributed by atoms with van der Waals surface area (Å²) in [6, 6.07) is 9.42. The van der Waals surface area contributed by atoms with Gasteiger partial charge in [0.05, 0.1) is 0 Å². The molecule has 1 N–H and O–H groups in total. The summed E-state index contributed by atoms with van der Waals surface area (Å²) in [5.41, 5.74) is 1.94. The van der Waals surface area contributed by atoms with Gasteiger partial charge in [0.1, 0.15) is 0 Å². The molecule has 0 amide bonds. The first-order chi connectivity index (χ1) is 8.69. The maximum Gasteiger partial charge on any atom is 0.0210 e. The van der Waals surface area contributed by atoms with Gasteiger partial charge in [-0.3, -0.25) is 0 Å². The number of hydrogen-bond donors (Lipinski definition) is 1. The summed E-state index contributed by atoms with van der Waals surface area (Å²) >= 11 is 3.72. The van der Waals surface area contributed by atoms with Gasteiger partial charge >= 0.3 is 0 Å². The van der Waals surface area contributed by atoms with Crippen molar-refractivity contribution in [2.24, 2.45) is 5.41 Å². The summed E-state index contributed by atoms with van der Waals surface area (Å²) < 4.78 is 1.27. The summed E-state index contributed by atoms with van der Waals surface area (Å²) in [6.45, 7) is 7.98. The van der Waals surface area contributed by atoms with Crippen LogP contribution in [0, 0.1) is 5.41 Å². The average molecular weight is 310 g/mol. The SMILES string of the molecule is CCNC1CC(c2ccccc2Br)C1(CC)CC. The lowest BCUT2D eigenvalue weighted by atomic mass is 9.52. The molecule has 1 fully saturated rings. The second kappa shape index (κ2) is 5.75. The van der Waals surface area contributed by atoms with Crippen LogP contribution in [0.1, 0.15) is 51.5 Å². The minimum atomic E-state index is 0.444. The number of nitrogens with one attached hydrogen (secondary N) is 1. The number of hydrogen-bond acceptors (Lipinski definition) is 1. The Hall–Kier alpha value is -0.340.